The smallest absolute Gasteiger partial charge is 0.133 e. The van der Waals surface area contributed by atoms with Crippen LogP contribution in [-0.4, -0.2) is 12.1 Å². The third-order valence-electron chi connectivity index (χ3n) is 2.47. The van der Waals surface area contributed by atoms with Crippen molar-refractivity contribution in [2.45, 2.75) is 24.6 Å². The predicted molar refractivity (Wildman–Crippen MR) is 57.3 cm³/mol. The first-order valence-electron chi connectivity index (χ1n) is 4.59. The van der Waals surface area contributed by atoms with Gasteiger partial charge in [0.05, 0.1) is 18.2 Å². The number of ether oxygens (including phenoxy) is 1. The number of methoxy groups -OCH3 is 1. The average Bonchev–Trinajstić information content (AvgIpc) is 2.16. The van der Waals surface area contributed by atoms with Crippen molar-refractivity contribution >= 4 is 23.2 Å². The summed E-state index contributed by atoms with van der Waals surface area (Å²) in [7, 11) is 1.63. The number of rotatable bonds is 1. The summed E-state index contributed by atoms with van der Waals surface area (Å²) in [5.41, 5.74) is 2.01. The molecule has 1 aliphatic rings. The molecule has 76 valence electrons. The zero-order valence-electron chi connectivity index (χ0n) is 7.89. The molecular formula is C10H11Cl2NO. The Balaban J connectivity index is 2.55. The van der Waals surface area contributed by atoms with E-state index in [0.29, 0.717) is 5.15 Å². The van der Waals surface area contributed by atoms with Crippen LogP contribution in [0.2, 0.25) is 5.15 Å². The van der Waals surface area contributed by atoms with Gasteiger partial charge < -0.3 is 4.74 Å². The maximum atomic E-state index is 6.22. The predicted octanol–water partition coefficient (Wildman–Crippen LogP) is 3.36. The van der Waals surface area contributed by atoms with Crippen molar-refractivity contribution in [3.63, 3.8) is 0 Å². The second-order valence-electron chi connectivity index (χ2n) is 3.37. The average molecular weight is 232 g/mol. The van der Waals surface area contributed by atoms with E-state index in [4.69, 9.17) is 27.9 Å². The van der Waals surface area contributed by atoms with Crippen molar-refractivity contribution in [1.82, 2.24) is 4.98 Å². The Kier molecular flexibility index (Phi) is 2.84. The van der Waals surface area contributed by atoms with Crippen LogP contribution in [0.25, 0.3) is 0 Å². The molecule has 14 heavy (non-hydrogen) atoms. The molecule has 2 nitrogen and oxygen atoms in total. The maximum Gasteiger partial charge on any atom is 0.133 e. The van der Waals surface area contributed by atoms with Crippen molar-refractivity contribution in [3.8, 4) is 5.75 Å². The topological polar surface area (TPSA) is 22.1 Å². The standard InChI is InChI=1S/C10H11Cl2NO/c1-14-8-5-9(12)13-7-4-2-3-6(11)10(7)8/h5-6H,2-4H2,1H3. The molecule has 0 aliphatic heterocycles. The molecule has 0 amide bonds. The van der Waals surface area contributed by atoms with E-state index in [1.165, 1.54) is 0 Å². The Morgan fingerprint density at radius 1 is 1.57 bits per heavy atom. The fraction of sp³-hybridized carbons (Fsp3) is 0.500. The summed E-state index contributed by atoms with van der Waals surface area (Å²) in [5.74, 6) is 0.764. The minimum Gasteiger partial charge on any atom is -0.496 e. The molecule has 0 fully saturated rings. The van der Waals surface area contributed by atoms with Gasteiger partial charge in [0.15, 0.2) is 0 Å². The Hall–Kier alpha value is -0.470. The molecular weight excluding hydrogens is 221 g/mol. The van der Waals surface area contributed by atoms with E-state index in [1.807, 2.05) is 0 Å². The molecule has 1 aliphatic carbocycles. The van der Waals surface area contributed by atoms with Gasteiger partial charge in [0.1, 0.15) is 10.9 Å². The van der Waals surface area contributed by atoms with E-state index < -0.39 is 0 Å². The van der Waals surface area contributed by atoms with Gasteiger partial charge in [0.2, 0.25) is 0 Å². The molecule has 1 aromatic heterocycles. The van der Waals surface area contributed by atoms with Crippen LogP contribution in [0.1, 0.15) is 29.5 Å². The summed E-state index contributed by atoms with van der Waals surface area (Å²) in [6.45, 7) is 0. The van der Waals surface area contributed by atoms with Crippen LogP contribution in [0.4, 0.5) is 0 Å². The maximum absolute atomic E-state index is 6.22. The largest absolute Gasteiger partial charge is 0.496 e. The van der Waals surface area contributed by atoms with E-state index in [2.05, 4.69) is 4.98 Å². The van der Waals surface area contributed by atoms with Crippen molar-refractivity contribution in [2.75, 3.05) is 7.11 Å². The van der Waals surface area contributed by atoms with Crippen LogP contribution in [-0.2, 0) is 6.42 Å². The molecule has 0 spiro atoms. The molecule has 2 rings (SSSR count). The van der Waals surface area contributed by atoms with Gasteiger partial charge in [-0.25, -0.2) is 4.98 Å². The lowest BCUT2D eigenvalue weighted by molar-refractivity contribution is 0.404. The van der Waals surface area contributed by atoms with E-state index in [9.17, 15) is 0 Å². The molecule has 4 heteroatoms. The summed E-state index contributed by atoms with van der Waals surface area (Å²) in [4.78, 5) is 4.27. The normalized spacial score (nSPS) is 20.4. The molecule has 0 N–H and O–H groups in total. The second-order valence-corrected chi connectivity index (χ2v) is 4.28. The number of nitrogens with zero attached hydrogens (tertiary/aromatic N) is 1. The Labute approximate surface area is 93.2 Å². The summed E-state index contributed by atoms with van der Waals surface area (Å²) < 4.78 is 5.25. The van der Waals surface area contributed by atoms with E-state index >= 15 is 0 Å². The van der Waals surface area contributed by atoms with Gasteiger partial charge in [0, 0.05) is 11.6 Å². The first kappa shape index (κ1) is 10.1. The number of pyridine rings is 1. The second kappa shape index (κ2) is 3.95. The number of halogens is 2. The van der Waals surface area contributed by atoms with Crippen molar-refractivity contribution < 1.29 is 4.74 Å². The van der Waals surface area contributed by atoms with Crippen LogP contribution >= 0.6 is 23.2 Å². The van der Waals surface area contributed by atoms with E-state index in [0.717, 1.165) is 36.3 Å². The number of hydrogen-bond donors (Lipinski definition) is 0. The number of aromatic nitrogens is 1. The first-order chi connectivity index (χ1) is 6.72. The fourth-order valence-electron chi connectivity index (χ4n) is 1.84. The van der Waals surface area contributed by atoms with Gasteiger partial charge in [-0.1, -0.05) is 11.6 Å². The van der Waals surface area contributed by atoms with Crippen molar-refractivity contribution in [3.05, 3.63) is 22.5 Å². The minimum absolute atomic E-state index is 0.0125. The fourth-order valence-corrected chi connectivity index (χ4v) is 2.43. The lowest BCUT2D eigenvalue weighted by atomic mass is 9.95. The first-order valence-corrected chi connectivity index (χ1v) is 5.41. The minimum atomic E-state index is 0.0125. The van der Waals surface area contributed by atoms with Gasteiger partial charge in [-0.15, -0.1) is 11.6 Å². The van der Waals surface area contributed by atoms with Gasteiger partial charge in [-0.2, -0.15) is 0 Å². The highest BCUT2D eigenvalue weighted by Crippen LogP contribution is 2.40. The Morgan fingerprint density at radius 2 is 2.36 bits per heavy atom. The van der Waals surface area contributed by atoms with Crippen LogP contribution in [0.15, 0.2) is 6.07 Å². The van der Waals surface area contributed by atoms with Gasteiger partial charge in [-0.3, -0.25) is 0 Å². The number of alkyl halides is 1. The zero-order chi connectivity index (χ0) is 10.1. The molecule has 0 saturated carbocycles. The van der Waals surface area contributed by atoms with Gasteiger partial charge in [0.25, 0.3) is 0 Å². The summed E-state index contributed by atoms with van der Waals surface area (Å²) >= 11 is 12.1. The molecule has 0 saturated heterocycles. The quantitative estimate of drug-likeness (QED) is 0.547. The molecule has 0 aromatic carbocycles. The third kappa shape index (κ3) is 1.69. The summed E-state index contributed by atoms with van der Waals surface area (Å²) in [6.07, 6.45) is 2.99. The Morgan fingerprint density at radius 3 is 3.07 bits per heavy atom. The van der Waals surface area contributed by atoms with Crippen molar-refractivity contribution in [1.29, 1.82) is 0 Å². The van der Waals surface area contributed by atoms with E-state index in [-0.39, 0.29) is 5.38 Å². The molecule has 1 heterocycles. The third-order valence-corrected chi connectivity index (χ3v) is 3.10. The highest BCUT2D eigenvalue weighted by atomic mass is 35.5. The SMILES string of the molecule is COc1cc(Cl)nc2c1C(Cl)CCC2. The monoisotopic (exact) mass is 231 g/mol. The number of hydrogen-bond acceptors (Lipinski definition) is 2. The van der Waals surface area contributed by atoms with Crippen LogP contribution < -0.4 is 4.74 Å². The molecule has 0 bridgehead atoms. The van der Waals surface area contributed by atoms with Gasteiger partial charge >= 0.3 is 0 Å². The lowest BCUT2D eigenvalue weighted by Gasteiger charge is -2.22. The molecule has 1 unspecified atom stereocenters. The number of fused-ring (bicyclic) bond motifs is 1. The van der Waals surface area contributed by atoms with Crippen LogP contribution in [0.3, 0.4) is 0 Å². The van der Waals surface area contributed by atoms with E-state index in [1.54, 1.807) is 13.2 Å². The van der Waals surface area contributed by atoms with Gasteiger partial charge in [-0.05, 0) is 19.3 Å². The number of aryl methyl sites for hydroxylation is 1. The van der Waals surface area contributed by atoms with Crippen molar-refractivity contribution in [2.24, 2.45) is 0 Å². The zero-order valence-corrected chi connectivity index (χ0v) is 9.40. The van der Waals surface area contributed by atoms with Crippen LogP contribution in [0, 0.1) is 0 Å². The summed E-state index contributed by atoms with van der Waals surface area (Å²) in [5, 5.41) is 0.491. The summed E-state index contributed by atoms with van der Waals surface area (Å²) in [6, 6.07) is 1.72. The van der Waals surface area contributed by atoms with Crippen LogP contribution in [0.5, 0.6) is 5.75 Å². The Bertz CT molecular complexity index is 337. The highest BCUT2D eigenvalue weighted by Gasteiger charge is 2.23. The lowest BCUT2D eigenvalue weighted by Crippen LogP contribution is -2.09. The molecule has 0 radical (unpaired) electrons. The highest BCUT2D eigenvalue weighted by molar-refractivity contribution is 6.29. The molecule has 1 atom stereocenters. The molecule has 1 aromatic rings.